The highest BCUT2D eigenvalue weighted by molar-refractivity contribution is 5.98. The normalized spacial score (nSPS) is 18.6. The molecule has 1 N–H and O–H groups in total. The van der Waals surface area contributed by atoms with Crippen molar-refractivity contribution in [1.29, 1.82) is 0 Å². The Bertz CT molecular complexity index is 590. The molecular weight excluding hydrogens is 268 g/mol. The van der Waals surface area contributed by atoms with E-state index in [0.717, 1.165) is 17.0 Å². The standard InChI is InChI=1S/C16H20N2O3/c1-5-18-10(2)14(11(3)19)15(17-16(18)20)12-6-8-13(21-4)9-7-12/h6-9,15H,5H2,1-4H3,(H,17,20)/t15-/m0/s1. The zero-order chi connectivity index (χ0) is 15.6. The number of nitrogens with zero attached hydrogens (tertiary/aromatic N) is 1. The number of ether oxygens (including phenoxy) is 1. The average molecular weight is 288 g/mol. The summed E-state index contributed by atoms with van der Waals surface area (Å²) in [5.74, 6) is 0.702. The van der Waals surface area contributed by atoms with Crippen LogP contribution in [0.25, 0.3) is 0 Å². The molecule has 1 atom stereocenters. The van der Waals surface area contributed by atoms with E-state index in [1.165, 1.54) is 6.92 Å². The van der Waals surface area contributed by atoms with E-state index in [0.29, 0.717) is 12.1 Å². The molecule has 1 heterocycles. The van der Waals surface area contributed by atoms with Crippen LogP contribution in [-0.2, 0) is 4.79 Å². The highest BCUT2D eigenvalue weighted by atomic mass is 16.5. The fraction of sp³-hybridized carbons (Fsp3) is 0.375. The van der Waals surface area contributed by atoms with Crippen LogP contribution in [0.4, 0.5) is 4.79 Å². The van der Waals surface area contributed by atoms with E-state index >= 15 is 0 Å². The Labute approximate surface area is 124 Å². The number of methoxy groups -OCH3 is 1. The third-order valence-corrected chi connectivity index (χ3v) is 3.74. The lowest BCUT2D eigenvalue weighted by Crippen LogP contribution is -2.47. The van der Waals surface area contributed by atoms with Crippen LogP contribution in [0.2, 0.25) is 0 Å². The minimum absolute atomic E-state index is 0.0354. The second-order valence-corrected chi connectivity index (χ2v) is 4.96. The molecule has 5 heteroatoms. The summed E-state index contributed by atoms with van der Waals surface area (Å²) in [5, 5.41) is 2.90. The van der Waals surface area contributed by atoms with Gasteiger partial charge in [0.15, 0.2) is 5.78 Å². The molecule has 0 unspecified atom stereocenters. The van der Waals surface area contributed by atoms with E-state index in [1.807, 2.05) is 38.1 Å². The Hall–Kier alpha value is -2.30. The molecule has 1 aliphatic rings. The lowest BCUT2D eigenvalue weighted by Gasteiger charge is -2.35. The summed E-state index contributed by atoms with van der Waals surface area (Å²) in [6, 6.07) is 6.77. The molecule has 0 fully saturated rings. The molecule has 0 aromatic heterocycles. The summed E-state index contributed by atoms with van der Waals surface area (Å²) in [6.45, 7) is 5.76. The van der Waals surface area contributed by atoms with Crippen molar-refractivity contribution in [1.82, 2.24) is 10.2 Å². The van der Waals surface area contributed by atoms with E-state index in [1.54, 1.807) is 12.0 Å². The van der Waals surface area contributed by atoms with E-state index in [4.69, 9.17) is 4.74 Å². The van der Waals surface area contributed by atoms with Gasteiger partial charge in [-0.05, 0) is 38.5 Å². The zero-order valence-electron chi connectivity index (χ0n) is 12.8. The molecule has 2 amide bonds. The Balaban J connectivity index is 2.47. The molecule has 0 spiro atoms. The lowest BCUT2D eigenvalue weighted by molar-refractivity contribution is -0.114. The maximum atomic E-state index is 12.2. The Kier molecular flexibility index (Phi) is 4.31. The van der Waals surface area contributed by atoms with Crippen LogP contribution in [0.15, 0.2) is 35.5 Å². The number of benzene rings is 1. The number of hydrogen-bond acceptors (Lipinski definition) is 3. The number of allylic oxidation sites excluding steroid dienone is 1. The van der Waals surface area contributed by atoms with Gasteiger partial charge < -0.3 is 10.1 Å². The lowest BCUT2D eigenvalue weighted by atomic mass is 9.92. The van der Waals surface area contributed by atoms with Gasteiger partial charge in [-0.2, -0.15) is 0 Å². The monoisotopic (exact) mass is 288 g/mol. The van der Waals surface area contributed by atoms with Crippen LogP contribution in [0.3, 0.4) is 0 Å². The summed E-state index contributed by atoms with van der Waals surface area (Å²) in [7, 11) is 1.60. The summed E-state index contributed by atoms with van der Waals surface area (Å²) in [4.78, 5) is 25.8. The van der Waals surface area contributed by atoms with Crippen molar-refractivity contribution in [3.8, 4) is 5.75 Å². The topological polar surface area (TPSA) is 58.6 Å². The average Bonchev–Trinajstić information content (AvgIpc) is 2.46. The number of carbonyl (C=O) groups excluding carboxylic acids is 2. The predicted octanol–water partition coefficient (Wildman–Crippen LogP) is 2.64. The van der Waals surface area contributed by atoms with Gasteiger partial charge in [0.2, 0.25) is 0 Å². The first-order valence-corrected chi connectivity index (χ1v) is 6.93. The van der Waals surface area contributed by atoms with E-state index < -0.39 is 6.04 Å². The second-order valence-electron chi connectivity index (χ2n) is 4.96. The smallest absolute Gasteiger partial charge is 0.322 e. The van der Waals surface area contributed by atoms with Gasteiger partial charge in [0.05, 0.1) is 13.2 Å². The van der Waals surface area contributed by atoms with Crippen LogP contribution >= 0.6 is 0 Å². The highest BCUT2D eigenvalue weighted by Crippen LogP contribution is 2.31. The fourth-order valence-corrected chi connectivity index (χ4v) is 2.67. The first kappa shape index (κ1) is 15.1. The summed E-state index contributed by atoms with van der Waals surface area (Å²) in [5.41, 5.74) is 2.21. The molecule has 1 aliphatic heterocycles. The Morgan fingerprint density at radius 2 is 1.95 bits per heavy atom. The minimum atomic E-state index is -0.413. The molecule has 21 heavy (non-hydrogen) atoms. The summed E-state index contributed by atoms with van der Waals surface area (Å²) < 4.78 is 5.13. The molecule has 0 bridgehead atoms. The molecule has 0 saturated carbocycles. The van der Waals surface area contributed by atoms with Crippen molar-refractivity contribution < 1.29 is 14.3 Å². The van der Waals surface area contributed by atoms with Crippen LogP contribution in [0.5, 0.6) is 5.75 Å². The van der Waals surface area contributed by atoms with Gasteiger partial charge in [-0.1, -0.05) is 12.1 Å². The number of amides is 2. The number of nitrogens with one attached hydrogen (secondary N) is 1. The van der Waals surface area contributed by atoms with Gasteiger partial charge in [-0.15, -0.1) is 0 Å². The number of urea groups is 1. The maximum absolute atomic E-state index is 12.2. The molecule has 1 aromatic carbocycles. The second kappa shape index (κ2) is 5.99. The Morgan fingerprint density at radius 3 is 2.43 bits per heavy atom. The molecule has 112 valence electrons. The van der Waals surface area contributed by atoms with Crippen LogP contribution in [-0.4, -0.2) is 30.4 Å². The van der Waals surface area contributed by atoms with Crippen LogP contribution in [0, 0.1) is 0 Å². The highest BCUT2D eigenvalue weighted by Gasteiger charge is 2.33. The Morgan fingerprint density at radius 1 is 1.33 bits per heavy atom. The third kappa shape index (κ3) is 2.77. The molecule has 0 saturated heterocycles. The number of carbonyl (C=O) groups is 2. The van der Waals surface area contributed by atoms with Gasteiger partial charge in [-0.25, -0.2) is 4.79 Å². The quantitative estimate of drug-likeness (QED) is 0.926. The summed E-state index contributed by atoms with van der Waals surface area (Å²) in [6.07, 6.45) is 0. The number of hydrogen-bond donors (Lipinski definition) is 1. The van der Waals surface area contributed by atoms with Gasteiger partial charge in [0.25, 0.3) is 0 Å². The van der Waals surface area contributed by atoms with Crippen molar-refractivity contribution in [2.45, 2.75) is 26.8 Å². The van der Waals surface area contributed by atoms with E-state index in [9.17, 15) is 9.59 Å². The van der Waals surface area contributed by atoms with Gasteiger partial charge in [0.1, 0.15) is 5.75 Å². The fourth-order valence-electron chi connectivity index (χ4n) is 2.67. The molecular formula is C16H20N2O3. The van der Waals surface area contributed by atoms with Gasteiger partial charge in [-0.3, -0.25) is 9.69 Å². The van der Waals surface area contributed by atoms with E-state index in [2.05, 4.69) is 5.32 Å². The van der Waals surface area contributed by atoms with Crippen molar-refractivity contribution in [2.75, 3.05) is 13.7 Å². The first-order chi connectivity index (χ1) is 9.99. The molecule has 0 radical (unpaired) electrons. The molecule has 0 aliphatic carbocycles. The van der Waals surface area contributed by atoms with E-state index in [-0.39, 0.29) is 11.8 Å². The minimum Gasteiger partial charge on any atom is -0.497 e. The van der Waals surface area contributed by atoms with Crippen molar-refractivity contribution in [3.05, 3.63) is 41.1 Å². The molecule has 1 aromatic rings. The zero-order valence-corrected chi connectivity index (χ0v) is 12.8. The number of rotatable bonds is 4. The van der Waals surface area contributed by atoms with Crippen molar-refractivity contribution in [3.63, 3.8) is 0 Å². The first-order valence-electron chi connectivity index (χ1n) is 6.93. The summed E-state index contributed by atoms with van der Waals surface area (Å²) >= 11 is 0. The maximum Gasteiger partial charge on any atom is 0.322 e. The largest absolute Gasteiger partial charge is 0.497 e. The SMILES string of the molecule is CCN1C(=O)N[C@@H](c2ccc(OC)cc2)C(C(C)=O)=C1C. The molecule has 5 nitrogen and oxygen atoms in total. The predicted molar refractivity (Wildman–Crippen MR) is 80.0 cm³/mol. The van der Waals surface area contributed by atoms with Crippen molar-refractivity contribution >= 4 is 11.8 Å². The van der Waals surface area contributed by atoms with Gasteiger partial charge in [0, 0.05) is 17.8 Å². The number of ketones is 1. The molecule has 2 rings (SSSR count). The van der Waals surface area contributed by atoms with Crippen molar-refractivity contribution in [2.24, 2.45) is 0 Å². The van der Waals surface area contributed by atoms with Crippen LogP contribution in [0.1, 0.15) is 32.4 Å². The van der Waals surface area contributed by atoms with Gasteiger partial charge >= 0.3 is 6.03 Å². The number of Topliss-reactive ketones (excluding diaryl/α,β-unsaturated/α-hetero) is 1. The third-order valence-electron chi connectivity index (χ3n) is 3.74. The van der Waals surface area contributed by atoms with Crippen LogP contribution < -0.4 is 10.1 Å².